The van der Waals surface area contributed by atoms with Gasteiger partial charge in [-0.2, -0.15) is 0 Å². The van der Waals surface area contributed by atoms with Gasteiger partial charge in [0.15, 0.2) is 0 Å². The van der Waals surface area contributed by atoms with Crippen molar-refractivity contribution in [1.29, 1.82) is 0 Å². The van der Waals surface area contributed by atoms with E-state index in [1.165, 1.54) is 12.8 Å². The van der Waals surface area contributed by atoms with Crippen LogP contribution in [0.5, 0.6) is 0 Å². The van der Waals surface area contributed by atoms with Crippen LogP contribution in [0.15, 0.2) is 0 Å². The summed E-state index contributed by atoms with van der Waals surface area (Å²) in [5, 5.41) is 13.0. The standard InChI is InChI=1S/C11H24N2O/c1-9(2)6-12-7-11(14)8-13(3)10-4-5-10/h9-12,14H,4-8H2,1-3H3. The smallest absolute Gasteiger partial charge is 0.0791 e. The zero-order valence-corrected chi connectivity index (χ0v) is 9.66. The van der Waals surface area contributed by atoms with Crippen LogP contribution in [-0.2, 0) is 0 Å². The van der Waals surface area contributed by atoms with Crippen LogP contribution in [0.2, 0.25) is 0 Å². The maximum atomic E-state index is 9.70. The molecule has 0 amide bonds. The number of hydrogen-bond acceptors (Lipinski definition) is 3. The molecule has 0 radical (unpaired) electrons. The number of aliphatic hydroxyl groups excluding tert-OH is 1. The molecule has 3 heteroatoms. The van der Waals surface area contributed by atoms with Crippen LogP contribution in [-0.4, -0.2) is 48.8 Å². The van der Waals surface area contributed by atoms with Crippen molar-refractivity contribution in [3.05, 3.63) is 0 Å². The molecule has 0 aromatic carbocycles. The molecule has 3 nitrogen and oxygen atoms in total. The van der Waals surface area contributed by atoms with Gasteiger partial charge in [0.05, 0.1) is 6.10 Å². The Morgan fingerprint density at radius 3 is 2.50 bits per heavy atom. The van der Waals surface area contributed by atoms with Crippen LogP contribution in [0.3, 0.4) is 0 Å². The third-order valence-electron chi connectivity index (χ3n) is 2.60. The highest BCUT2D eigenvalue weighted by atomic mass is 16.3. The Kier molecular flexibility index (Phi) is 4.85. The van der Waals surface area contributed by atoms with E-state index in [0.717, 1.165) is 25.7 Å². The van der Waals surface area contributed by atoms with Crippen molar-refractivity contribution in [2.24, 2.45) is 5.92 Å². The minimum Gasteiger partial charge on any atom is -0.390 e. The van der Waals surface area contributed by atoms with E-state index in [9.17, 15) is 5.11 Å². The summed E-state index contributed by atoms with van der Waals surface area (Å²) in [5.74, 6) is 0.656. The number of likely N-dealkylation sites (N-methyl/N-ethyl adjacent to an activating group) is 1. The van der Waals surface area contributed by atoms with Gasteiger partial charge in [-0.3, -0.25) is 0 Å². The molecule has 1 unspecified atom stereocenters. The van der Waals surface area contributed by atoms with Crippen molar-refractivity contribution in [3.63, 3.8) is 0 Å². The van der Waals surface area contributed by atoms with Gasteiger partial charge in [-0.25, -0.2) is 0 Å². The molecule has 0 aromatic heterocycles. The maximum absolute atomic E-state index is 9.70. The van der Waals surface area contributed by atoms with E-state index in [4.69, 9.17) is 0 Å². The van der Waals surface area contributed by atoms with Crippen molar-refractivity contribution in [1.82, 2.24) is 10.2 Å². The molecule has 0 saturated heterocycles. The summed E-state index contributed by atoms with van der Waals surface area (Å²) in [6.07, 6.45) is 2.39. The molecule has 0 aliphatic heterocycles. The molecular formula is C11H24N2O. The molecule has 1 aliphatic rings. The van der Waals surface area contributed by atoms with Crippen molar-refractivity contribution < 1.29 is 5.11 Å². The van der Waals surface area contributed by atoms with Crippen LogP contribution in [0.1, 0.15) is 26.7 Å². The Balaban J connectivity index is 2.00. The predicted molar refractivity (Wildman–Crippen MR) is 59.4 cm³/mol. The molecule has 0 bridgehead atoms. The monoisotopic (exact) mass is 200 g/mol. The lowest BCUT2D eigenvalue weighted by molar-refractivity contribution is 0.120. The fourth-order valence-corrected chi connectivity index (χ4v) is 1.60. The first-order valence-electron chi connectivity index (χ1n) is 5.68. The molecule has 0 aromatic rings. The highest BCUT2D eigenvalue weighted by Gasteiger charge is 2.26. The average molecular weight is 200 g/mol. The van der Waals surface area contributed by atoms with Crippen molar-refractivity contribution in [2.75, 3.05) is 26.7 Å². The lowest BCUT2D eigenvalue weighted by Crippen LogP contribution is -2.38. The topological polar surface area (TPSA) is 35.5 Å². The molecule has 1 rings (SSSR count). The first kappa shape index (κ1) is 12.0. The molecule has 2 N–H and O–H groups in total. The van der Waals surface area contributed by atoms with Crippen LogP contribution in [0.25, 0.3) is 0 Å². The number of rotatable bonds is 7. The molecular weight excluding hydrogens is 176 g/mol. The number of nitrogens with zero attached hydrogens (tertiary/aromatic N) is 1. The predicted octanol–water partition coefficient (Wildman–Crippen LogP) is 0.687. The van der Waals surface area contributed by atoms with Crippen molar-refractivity contribution in [3.8, 4) is 0 Å². The van der Waals surface area contributed by atoms with Gasteiger partial charge in [0.25, 0.3) is 0 Å². The average Bonchev–Trinajstić information content (AvgIpc) is 2.84. The van der Waals surface area contributed by atoms with Gasteiger partial charge in [0.2, 0.25) is 0 Å². The van der Waals surface area contributed by atoms with E-state index in [0.29, 0.717) is 5.92 Å². The fraction of sp³-hybridized carbons (Fsp3) is 1.00. The maximum Gasteiger partial charge on any atom is 0.0791 e. The van der Waals surface area contributed by atoms with E-state index >= 15 is 0 Å². The summed E-state index contributed by atoms with van der Waals surface area (Å²) < 4.78 is 0. The molecule has 0 spiro atoms. The molecule has 1 aliphatic carbocycles. The van der Waals surface area contributed by atoms with Gasteiger partial charge in [-0.05, 0) is 32.4 Å². The third kappa shape index (κ3) is 4.94. The highest BCUT2D eigenvalue weighted by Crippen LogP contribution is 2.25. The van der Waals surface area contributed by atoms with Crippen LogP contribution in [0.4, 0.5) is 0 Å². The number of nitrogens with one attached hydrogen (secondary N) is 1. The SMILES string of the molecule is CC(C)CNCC(O)CN(C)C1CC1. The van der Waals surface area contributed by atoms with Crippen LogP contribution in [0, 0.1) is 5.92 Å². The Morgan fingerprint density at radius 1 is 1.36 bits per heavy atom. The summed E-state index contributed by atoms with van der Waals surface area (Å²) in [5.41, 5.74) is 0. The minimum absolute atomic E-state index is 0.223. The quantitative estimate of drug-likeness (QED) is 0.634. The van der Waals surface area contributed by atoms with E-state index in [1.807, 2.05) is 0 Å². The zero-order chi connectivity index (χ0) is 10.6. The van der Waals surface area contributed by atoms with E-state index < -0.39 is 0 Å². The van der Waals surface area contributed by atoms with E-state index in [1.54, 1.807) is 0 Å². The Bertz CT molecular complexity index is 157. The van der Waals surface area contributed by atoms with Crippen molar-refractivity contribution >= 4 is 0 Å². The summed E-state index contributed by atoms with van der Waals surface area (Å²) in [6, 6.07) is 0.745. The number of hydrogen-bond donors (Lipinski definition) is 2. The molecule has 0 heterocycles. The van der Waals surface area contributed by atoms with Crippen LogP contribution >= 0.6 is 0 Å². The second kappa shape index (κ2) is 5.69. The second-order valence-electron chi connectivity index (χ2n) is 4.88. The van der Waals surface area contributed by atoms with E-state index in [2.05, 4.69) is 31.1 Å². The Hall–Kier alpha value is -0.120. The third-order valence-corrected chi connectivity index (χ3v) is 2.60. The summed E-state index contributed by atoms with van der Waals surface area (Å²) >= 11 is 0. The second-order valence-corrected chi connectivity index (χ2v) is 4.88. The van der Waals surface area contributed by atoms with Gasteiger partial charge >= 0.3 is 0 Å². The minimum atomic E-state index is -0.223. The first-order valence-corrected chi connectivity index (χ1v) is 5.68. The first-order chi connectivity index (χ1) is 6.59. The van der Waals surface area contributed by atoms with Gasteiger partial charge in [0, 0.05) is 19.1 Å². The lowest BCUT2D eigenvalue weighted by Gasteiger charge is -2.20. The Morgan fingerprint density at radius 2 is 2.00 bits per heavy atom. The fourth-order valence-electron chi connectivity index (χ4n) is 1.60. The molecule has 84 valence electrons. The van der Waals surface area contributed by atoms with Gasteiger partial charge < -0.3 is 15.3 Å². The van der Waals surface area contributed by atoms with E-state index in [-0.39, 0.29) is 6.10 Å². The largest absolute Gasteiger partial charge is 0.390 e. The molecule has 1 saturated carbocycles. The highest BCUT2D eigenvalue weighted by molar-refractivity contribution is 4.83. The number of aliphatic hydroxyl groups is 1. The molecule has 1 atom stereocenters. The normalized spacial score (nSPS) is 19.3. The molecule has 14 heavy (non-hydrogen) atoms. The van der Waals surface area contributed by atoms with Crippen LogP contribution < -0.4 is 5.32 Å². The Labute approximate surface area is 87.5 Å². The summed E-state index contributed by atoms with van der Waals surface area (Å²) in [7, 11) is 2.10. The van der Waals surface area contributed by atoms with Gasteiger partial charge in [0.1, 0.15) is 0 Å². The van der Waals surface area contributed by atoms with Gasteiger partial charge in [-0.15, -0.1) is 0 Å². The summed E-state index contributed by atoms with van der Waals surface area (Å²) in [4.78, 5) is 2.27. The van der Waals surface area contributed by atoms with Crippen molar-refractivity contribution in [2.45, 2.75) is 38.8 Å². The van der Waals surface area contributed by atoms with Gasteiger partial charge in [-0.1, -0.05) is 13.8 Å². The summed E-state index contributed by atoms with van der Waals surface area (Å²) in [6.45, 7) is 6.86. The lowest BCUT2D eigenvalue weighted by atomic mass is 10.2. The zero-order valence-electron chi connectivity index (χ0n) is 9.66. The molecule has 1 fully saturated rings.